The van der Waals surface area contributed by atoms with E-state index in [-0.39, 0.29) is 10.6 Å². The van der Waals surface area contributed by atoms with Gasteiger partial charge in [-0.2, -0.15) is 8.42 Å². The molecule has 0 fully saturated rings. The van der Waals surface area contributed by atoms with Crippen LogP contribution < -0.4 is 4.43 Å². The Morgan fingerprint density at radius 3 is 2.25 bits per heavy atom. The zero-order valence-corrected chi connectivity index (χ0v) is 11.6. The van der Waals surface area contributed by atoms with Gasteiger partial charge in [0, 0.05) is 0 Å². The van der Waals surface area contributed by atoms with Crippen molar-refractivity contribution in [1.82, 2.24) is 0 Å². The van der Waals surface area contributed by atoms with Crippen LogP contribution in [0.3, 0.4) is 0 Å². The number of benzene rings is 1. The first-order valence-electron chi connectivity index (χ1n) is 4.87. The summed E-state index contributed by atoms with van der Waals surface area (Å²) in [5.41, 5.74) is 0.889. The van der Waals surface area contributed by atoms with Gasteiger partial charge in [-0.1, -0.05) is 6.07 Å². The van der Waals surface area contributed by atoms with Gasteiger partial charge < -0.3 is 4.43 Å². The second-order valence-corrected chi connectivity index (χ2v) is 10.5. The van der Waals surface area contributed by atoms with Crippen LogP contribution >= 0.6 is 0 Å². The van der Waals surface area contributed by atoms with Gasteiger partial charge in [-0.15, -0.1) is 0 Å². The molecule has 90 valence electrons. The molecule has 0 aliphatic heterocycles. The zero-order chi connectivity index (χ0) is 12.6. The summed E-state index contributed by atoms with van der Waals surface area (Å²) in [6, 6.07) is 4.61. The first kappa shape index (κ1) is 13.2. The van der Waals surface area contributed by atoms with Crippen molar-refractivity contribution >= 4 is 18.4 Å². The number of hydrogen-bond donors (Lipinski definition) is 1. The fraction of sp³-hybridized carbons (Fsp3) is 0.400. The van der Waals surface area contributed by atoms with Crippen molar-refractivity contribution in [1.29, 1.82) is 0 Å². The Kier molecular flexibility index (Phi) is 3.46. The van der Waals surface area contributed by atoms with Crippen molar-refractivity contribution in [2.24, 2.45) is 0 Å². The molecule has 0 radical (unpaired) electrons. The average molecular weight is 260 g/mol. The van der Waals surface area contributed by atoms with Gasteiger partial charge in [0.2, 0.25) is 8.32 Å². The molecule has 0 heterocycles. The fourth-order valence-electron chi connectivity index (χ4n) is 1.24. The van der Waals surface area contributed by atoms with Crippen molar-refractivity contribution in [3.63, 3.8) is 0 Å². The first-order chi connectivity index (χ1) is 7.09. The second kappa shape index (κ2) is 4.19. The summed E-state index contributed by atoms with van der Waals surface area (Å²) in [4.78, 5) is -0.166. The lowest BCUT2D eigenvalue weighted by molar-refractivity contribution is 0.473. The minimum atomic E-state index is -4.23. The predicted octanol–water partition coefficient (Wildman–Crippen LogP) is 2.46. The maximum Gasteiger partial charge on any atom is 0.298 e. The van der Waals surface area contributed by atoms with E-state index in [1.54, 1.807) is 12.1 Å². The third-order valence-electron chi connectivity index (χ3n) is 1.79. The Labute approximate surface area is 97.1 Å². The molecule has 4 nitrogen and oxygen atoms in total. The third kappa shape index (κ3) is 3.62. The molecular formula is C10H16O4SSi. The summed E-state index contributed by atoms with van der Waals surface area (Å²) in [5, 5.41) is 0. The highest BCUT2D eigenvalue weighted by molar-refractivity contribution is 7.86. The molecule has 0 saturated heterocycles. The lowest BCUT2D eigenvalue weighted by atomic mass is 10.2. The Balaban J connectivity index is 3.30. The largest absolute Gasteiger partial charge is 0.543 e. The van der Waals surface area contributed by atoms with Gasteiger partial charge in [0.05, 0.1) is 0 Å². The molecule has 1 N–H and O–H groups in total. The van der Waals surface area contributed by atoms with Gasteiger partial charge >= 0.3 is 0 Å². The molecule has 0 aromatic heterocycles. The van der Waals surface area contributed by atoms with E-state index < -0.39 is 18.4 Å². The van der Waals surface area contributed by atoms with E-state index in [0.29, 0.717) is 0 Å². The Hall–Kier alpha value is -0.853. The molecule has 1 aromatic rings. The van der Waals surface area contributed by atoms with Crippen molar-refractivity contribution in [2.45, 2.75) is 31.5 Å². The lowest BCUT2D eigenvalue weighted by Crippen LogP contribution is -2.30. The standard InChI is InChI=1S/C10H16O4SSi/c1-8-5-6-10(15(11,12)13)9(7-8)14-16(2,3)4/h5-7H,1-4H3,(H,11,12,13). The van der Waals surface area contributed by atoms with Crippen LogP contribution in [0.4, 0.5) is 0 Å². The second-order valence-electron chi connectivity index (χ2n) is 4.64. The maximum atomic E-state index is 11.1. The summed E-state index contributed by atoms with van der Waals surface area (Å²) < 4.78 is 37.0. The summed E-state index contributed by atoms with van der Waals surface area (Å²) in [6.45, 7) is 7.68. The van der Waals surface area contributed by atoms with Crippen LogP contribution in [0.1, 0.15) is 5.56 Å². The third-order valence-corrected chi connectivity index (χ3v) is 3.52. The first-order valence-corrected chi connectivity index (χ1v) is 9.71. The van der Waals surface area contributed by atoms with Crippen LogP contribution in [0, 0.1) is 6.92 Å². The highest BCUT2D eigenvalue weighted by Crippen LogP contribution is 2.27. The Morgan fingerprint density at radius 2 is 1.81 bits per heavy atom. The van der Waals surface area contributed by atoms with Gasteiger partial charge in [0.15, 0.2) is 0 Å². The van der Waals surface area contributed by atoms with Crippen LogP contribution in [0.25, 0.3) is 0 Å². The monoisotopic (exact) mass is 260 g/mol. The van der Waals surface area contributed by atoms with Crippen LogP contribution in [0.2, 0.25) is 19.6 Å². The SMILES string of the molecule is Cc1ccc(S(=O)(=O)O)c(O[Si](C)(C)C)c1. The van der Waals surface area contributed by atoms with Gasteiger partial charge in [-0.3, -0.25) is 4.55 Å². The van der Waals surface area contributed by atoms with Crippen molar-refractivity contribution in [2.75, 3.05) is 0 Å². The molecule has 0 amide bonds. The topological polar surface area (TPSA) is 63.6 Å². The van der Waals surface area contributed by atoms with Gasteiger partial charge in [0.1, 0.15) is 10.6 Å². The zero-order valence-electron chi connectivity index (χ0n) is 9.81. The van der Waals surface area contributed by atoms with E-state index in [0.717, 1.165) is 5.56 Å². The molecule has 0 bridgehead atoms. The number of aryl methyl sites for hydroxylation is 1. The molecule has 0 saturated carbocycles. The smallest absolute Gasteiger partial charge is 0.298 e. The minimum Gasteiger partial charge on any atom is -0.543 e. The summed E-state index contributed by atoms with van der Waals surface area (Å²) in [5.74, 6) is 0.238. The number of rotatable bonds is 3. The molecule has 16 heavy (non-hydrogen) atoms. The molecular weight excluding hydrogens is 244 g/mol. The minimum absolute atomic E-state index is 0.166. The summed E-state index contributed by atoms with van der Waals surface area (Å²) in [7, 11) is -6.13. The van der Waals surface area contributed by atoms with Gasteiger partial charge in [0.25, 0.3) is 10.1 Å². The van der Waals surface area contributed by atoms with Crippen molar-refractivity contribution < 1.29 is 17.4 Å². The highest BCUT2D eigenvalue weighted by Gasteiger charge is 2.22. The van der Waals surface area contributed by atoms with Crippen molar-refractivity contribution in [3.05, 3.63) is 23.8 Å². The molecule has 0 unspecified atom stereocenters. The highest BCUT2D eigenvalue weighted by atomic mass is 32.2. The number of hydrogen-bond acceptors (Lipinski definition) is 3. The summed E-state index contributed by atoms with van der Waals surface area (Å²) in [6.07, 6.45) is 0. The molecule has 6 heteroatoms. The molecule has 0 atom stereocenters. The lowest BCUT2D eigenvalue weighted by Gasteiger charge is -2.21. The Morgan fingerprint density at radius 1 is 1.25 bits per heavy atom. The quantitative estimate of drug-likeness (QED) is 0.670. The van der Waals surface area contributed by atoms with E-state index in [9.17, 15) is 8.42 Å². The van der Waals surface area contributed by atoms with Crippen LogP contribution in [0.15, 0.2) is 23.1 Å². The molecule has 1 rings (SSSR count). The predicted molar refractivity (Wildman–Crippen MR) is 65.0 cm³/mol. The van der Waals surface area contributed by atoms with Gasteiger partial charge in [-0.25, -0.2) is 0 Å². The van der Waals surface area contributed by atoms with E-state index in [1.165, 1.54) is 6.07 Å². The molecule has 1 aromatic carbocycles. The van der Waals surface area contributed by atoms with Gasteiger partial charge in [-0.05, 0) is 44.3 Å². The van der Waals surface area contributed by atoms with E-state index in [4.69, 9.17) is 8.98 Å². The normalized spacial score (nSPS) is 12.6. The fourth-order valence-corrected chi connectivity index (χ4v) is 2.74. The molecule has 0 aliphatic rings. The Bertz CT molecular complexity index is 488. The van der Waals surface area contributed by atoms with Crippen molar-refractivity contribution in [3.8, 4) is 5.75 Å². The van der Waals surface area contributed by atoms with E-state index >= 15 is 0 Å². The maximum absolute atomic E-state index is 11.1. The van der Waals surface area contributed by atoms with Crippen LogP contribution in [0.5, 0.6) is 5.75 Å². The summed E-state index contributed by atoms with van der Waals surface area (Å²) >= 11 is 0. The average Bonchev–Trinajstić information content (AvgIpc) is 1.97. The van der Waals surface area contributed by atoms with E-state index in [2.05, 4.69) is 0 Å². The molecule has 0 aliphatic carbocycles. The van der Waals surface area contributed by atoms with Crippen LogP contribution in [-0.2, 0) is 10.1 Å². The van der Waals surface area contributed by atoms with E-state index in [1.807, 2.05) is 26.6 Å². The van der Waals surface area contributed by atoms with Crippen LogP contribution in [-0.4, -0.2) is 21.3 Å². The molecule has 0 spiro atoms.